The zero-order chi connectivity index (χ0) is 20.4. The Morgan fingerprint density at radius 1 is 1.32 bits per heavy atom. The zero-order valence-corrected chi connectivity index (χ0v) is 16.2. The van der Waals surface area contributed by atoms with Gasteiger partial charge in [-0.3, -0.25) is 0 Å². The molecule has 0 atom stereocenters. The van der Waals surface area contributed by atoms with Crippen molar-refractivity contribution in [1.82, 2.24) is 20.0 Å². The fraction of sp³-hybridized carbons (Fsp3) is 0.316. The van der Waals surface area contributed by atoms with Gasteiger partial charge in [0.25, 0.3) is 0 Å². The molecule has 148 valence electrons. The molecule has 0 saturated heterocycles. The van der Waals surface area contributed by atoms with Crippen molar-refractivity contribution in [3.8, 4) is 11.4 Å². The first-order valence-electron chi connectivity index (χ1n) is 8.78. The van der Waals surface area contributed by atoms with E-state index < -0.39 is 5.82 Å². The van der Waals surface area contributed by atoms with Gasteiger partial charge in [-0.15, -0.1) is 5.10 Å². The van der Waals surface area contributed by atoms with Crippen LogP contribution in [0.4, 0.5) is 14.6 Å². The second kappa shape index (κ2) is 7.79. The molecule has 3 aromatic rings. The first-order chi connectivity index (χ1) is 13.4. The number of nitrogens with zero attached hydrogens (tertiary/aromatic N) is 5. The largest absolute Gasteiger partial charge is 0.494 e. The first-order valence-corrected chi connectivity index (χ1v) is 8.78. The van der Waals surface area contributed by atoms with E-state index in [1.54, 1.807) is 24.1 Å². The average molecular weight is 388 g/mol. The molecule has 0 radical (unpaired) electrons. The van der Waals surface area contributed by atoms with Gasteiger partial charge in [-0.25, -0.2) is 13.5 Å². The van der Waals surface area contributed by atoms with Gasteiger partial charge < -0.3 is 15.4 Å². The molecular formula is C19H22F2N6O. The summed E-state index contributed by atoms with van der Waals surface area (Å²) in [6.07, 6.45) is 0.342. The van der Waals surface area contributed by atoms with E-state index in [1.807, 2.05) is 20.8 Å². The molecule has 0 fully saturated rings. The zero-order valence-electron chi connectivity index (χ0n) is 16.2. The number of aromatic nitrogens is 4. The Hall–Kier alpha value is -3.23. The summed E-state index contributed by atoms with van der Waals surface area (Å²) in [4.78, 5) is 1.64. The molecule has 2 aromatic heterocycles. The maximum atomic E-state index is 14.7. The van der Waals surface area contributed by atoms with Crippen LogP contribution in [0.5, 0.6) is 5.75 Å². The molecule has 0 aliphatic rings. The van der Waals surface area contributed by atoms with Crippen molar-refractivity contribution in [1.29, 1.82) is 0 Å². The molecule has 0 spiro atoms. The van der Waals surface area contributed by atoms with Crippen LogP contribution in [-0.2, 0) is 0 Å². The number of likely N-dealkylation sites (N-methyl/N-ethyl adjacent to an activating group) is 1. The van der Waals surface area contributed by atoms with Gasteiger partial charge in [0.2, 0.25) is 0 Å². The van der Waals surface area contributed by atoms with Crippen LogP contribution in [0.15, 0.2) is 30.2 Å². The van der Waals surface area contributed by atoms with Crippen LogP contribution in [0.2, 0.25) is 0 Å². The second-order valence-electron chi connectivity index (χ2n) is 6.42. The minimum Gasteiger partial charge on any atom is -0.494 e. The highest BCUT2D eigenvalue weighted by Gasteiger charge is 2.20. The van der Waals surface area contributed by atoms with Gasteiger partial charge in [-0.1, -0.05) is 0 Å². The summed E-state index contributed by atoms with van der Waals surface area (Å²) in [7, 11) is 1.71. The Labute approximate surface area is 161 Å². The van der Waals surface area contributed by atoms with E-state index in [9.17, 15) is 8.78 Å². The number of benzene rings is 1. The van der Waals surface area contributed by atoms with Crippen molar-refractivity contribution in [2.75, 3.05) is 25.1 Å². The van der Waals surface area contributed by atoms with E-state index in [2.05, 4.69) is 15.3 Å². The van der Waals surface area contributed by atoms with Gasteiger partial charge in [-0.2, -0.15) is 10.2 Å². The number of ether oxygens (including phenoxy) is 1. The summed E-state index contributed by atoms with van der Waals surface area (Å²) in [5.74, 6) is 0.421. The van der Waals surface area contributed by atoms with Gasteiger partial charge in [0.05, 0.1) is 35.6 Å². The SMILES string of the molecule is CCOc1ccc(-n2nc3c(N(C)C/C(N)=C\F)nnc(C)c3c2C)c(F)c1. The number of nitrogens with two attached hydrogens (primary N) is 1. The molecule has 28 heavy (non-hydrogen) atoms. The standard InChI is InChI=1S/C19H22F2N6O/c1-5-28-14-6-7-16(15(21)8-14)27-12(3)17-11(2)23-24-19(18(17)25-27)26(4)10-13(22)9-20/h6-9H,5,10,22H2,1-4H3/b13-9+. The quantitative estimate of drug-likeness (QED) is 0.698. The lowest BCUT2D eigenvalue weighted by molar-refractivity contribution is 0.338. The van der Waals surface area contributed by atoms with Gasteiger partial charge in [0.1, 0.15) is 23.3 Å². The van der Waals surface area contributed by atoms with Crippen LogP contribution >= 0.6 is 0 Å². The molecule has 1 aromatic carbocycles. The summed E-state index contributed by atoms with van der Waals surface area (Å²) in [6.45, 7) is 6.04. The van der Waals surface area contributed by atoms with Crippen LogP contribution in [-0.4, -0.2) is 40.2 Å². The maximum absolute atomic E-state index is 14.7. The lowest BCUT2D eigenvalue weighted by Crippen LogP contribution is -2.25. The fourth-order valence-electron chi connectivity index (χ4n) is 3.10. The van der Waals surface area contributed by atoms with Gasteiger partial charge >= 0.3 is 0 Å². The lowest BCUT2D eigenvalue weighted by atomic mass is 10.2. The van der Waals surface area contributed by atoms with Crippen LogP contribution in [0.25, 0.3) is 16.6 Å². The normalized spacial score (nSPS) is 11.9. The van der Waals surface area contributed by atoms with Crippen molar-refractivity contribution < 1.29 is 13.5 Å². The van der Waals surface area contributed by atoms with Gasteiger partial charge in [-0.05, 0) is 32.9 Å². The Morgan fingerprint density at radius 3 is 2.71 bits per heavy atom. The van der Waals surface area contributed by atoms with E-state index in [0.717, 1.165) is 5.39 Å². The number of rotatable bonds is 6. The van der Waals surface area contributed by atoms with E-state index in [0.29, 0.717) is 41.4 Å². The number of halogens is 2. The van der Waals surface area contributed by atoms with Crippen molar-refractivity contribution in [3.63, 3.8) is 0 Å². The number of aryl methyl sites for hydroxylation is 2. The van der Waals surface area contributed by atoms with E-state index in [4.69, 9.17) is 10.5 Å². The Balaban J connectivity index is 2.15. The molecule has 3 rings (SSSR count). The summed E-state index contributed by atoms with van der Waals surface area (Å²) in [5.41, 5.74) is 7.83. The Bertz CT molecular complexity index is 1050. The second-order valence-corrected chi connectivity index (χ2v) is 6.42. The van der Waals surface area contributed by atoms with E-state index in [1.165, 1.54) is 10.7 Å². The molecule has 0 aliphatic carbocycles. The van der Waals surface area contributed by atoms with Crippen molar-refractivity contribution in [3.05, 3.63) is 47.4 Å². The molecule has 2 heterocycles. The van der Waals surface area contributed by atoms with E-state index >= 15 is 0 Å². The molecule has 0 amide bonds. The number of anilines is 1. The molecule has 0 aliphatic heterocycles. The third-order valence-corrected chi connectivity index (χ3v) is 4.36. The van der Waals surface area contributed by atoms with Gasteiger partial charge in [0.15, 0.2) is 11.6 Å². The Morgan fingerprint density at radius 2 is 2.07 bits per heavy atom. The highest BCUT2D eigenvalue weighted by molar-refractivity contribution is 5.92. The number of hydrogen-bond donors (Lipinski definition) is 1. The summed E-state index contributed by atoms with van der Waals surface area (Å²) < 4.78 is 34.2. The lowest BCUT2D eigenvalue weighted by Gasteiger charge is -2.17. The maximum Gasteiger partial charge on any atom is 0.179 e. The smallest absolute Gasteiger partial charge is 0.179 e. The highest BCUT2D eigenvalue weighted by atomic mass is 19.1. The predicted molar refractivity (Wildman–Crippen MR) is 104 cm³/mol. The van der Waals surface area contributed by atoms with E-state index in [-0.39, 0.29) is 17.9 Å². The molecule has 0 bridgehead atoms. The molecule has 2 N–H and O–H groups in total. The van der Waals surface area contributed by atoms with Crippen molar-refractivity contribution in [2.24, 2.45) is 5.73 Å². The summed E-state index contributed by atoms with van der Waals surface area (Å²) >= 11 is 0. The van der Waals surface area contributed by atoms with Crippen molar-refractivity contribution >= 4 is 16.7 Å². The van der Waals surface area contributed by atoms with Crippen LogP contribution in [0.3, 0.4) is 0 Å². The third kappa shape index (κ3) is 3.47. The number of hydrogen-bond acceptors (Lipinski definition) is 6. The average Bonchev–Trinajstić information content (AvgIpc) is 3.00. The minimum absolute atomic E-state index is 0.0479. The Kier molecular flexibility index (Phi) is 5.43. The van der Waals surface area contributed by atoms with Crippen LogP contribution in [0.1, 0.15) is 18.3 Å². The predicted octanol–water partition coefficient (Wildman–Crippen LogP) is 3.18. The molecule has 0 saturated carbocycles. The summed E-state index contributed by atoms with van der Waals surface area (Å²) in [5, 5.41) is 13.7. The minimum atomic E-state index is -0.458. The topological polar surface area (TPSA) is 82.1 Å². The monoisotopic (exact) mass is 388 g/mol. The number of fused-ring (bicyclic) bond motifs is 1. The molecule has 9 heteroatoms. The highest BCUT2D eigenvalue weighted by Crippen LogP contribution is 2.30. The fourth-order valence-corrected chi connectivity index (χ4v) is 3.10. The van der Waals surface area contributed by atoms with Crippen molar-refractivity contribution in [2.45, 2.75) is 20.8 Å². The molecule has 0 unspecified atom stereocenters. The molecule has 7 nitrogen and oxygen atoms in total. The van der Waals surface area contributed by atoms with Crippen LogP contribution < -0.4 is 15.4 Å². The third-order valence-electron chi connectivity index (χ3n) is 4.36. The first kappa shape index (κ1) is 19.5. The summed E-state index contributed by atoms with van der Waals surface area (Å²) in [6, 6.07) is 4.63. The van der Waals surface area contributed by atoms with Crippen LogP contribution in [0, 0.1) is 19.7 Å². The van der Waals surface area contributed by atoms with Gasteiger partial charge in [0, 0.05) is 13.1 Å². The molecular weight excluding hydrogens is 366 g/mol.